The Morgan fingerprint density at radius 3 is 2.88 bits per heavy atom. The van der Waals surface area contributed by atoms with Crippen molar-refractivity contribution < 1.29 is 4.39 Å². The molecule has 3 nitrogen and oxygen atoms in total. The molecule has 0 saturated heterocycles. The first-order chi connectivity index (χ1) is 7.69. The van der Waals surface area contributed by atoms with E-state index in [1.807, 2.05) is 25.1 Å². The van der Waals surface area contributed by atoms with E-state index >= 15 is 0 Å². The zero-order valence-electron chi connectivity index (χ0n) is 9.63. The normalized spacial score (nSPS) is 9.88. The van der Waals surface area contributed by atoms with E-state index in [0.717, 1.165) is 25.2 Å². The van der Waals surface area contributed by atoms with Crippen LogP contribution in [0, 0.1) is 17.1 Å². The molecule has 4 heteroatoms. The number of nitrogens with zero attached hydrogens (tertiary/aromatic N) is 2. The van der Waals surface area contributed by atoms with Crippen LogP contribution in [0.1, 0.15) is 12.0 Å². The van der Waals surface area contributed by atoms with Crippen molar-refractivity contribution in [3.05, 3.63) is 29.6 Å². The second kappa shape index (κ2) is 6.09. The predicted octanol–water partition coefficient (Wildman–Crippen LogP) is 1.74. The van der Waals surface area contributed by atoms with E-state index in [1.165, 1.54) is 12.1 Å². The number of anilines is 1. The molecule has 0 heterocycles. The van der Waals surface area contributed by atoms with Crippen LogP contribution >= 0.6 is 0 Å². The van der Waals surface area contributed by atoms with Gasteiger partial charge in [-0.3, -0.25) is 0 Å². The average molecular weight is 221 g/mol. The summed E-state index contributed by atoms with van der Waals surface area (Å²) in [5.74, 6) is -0.371. The Hall–Kier alpha value is -1.60. The minimum atomic E-state index is -0.371. The lowest BCUT2D eigenvalue weighted by Crippen LogP contribution is -2.23. The summed E-state index contributed by atoms with van der Waals surface area (Å²) >= 11 is 0. The highest BCUT2D eigenvalue weighted by atomic mass is 19.1. The molecular formula is C12H16FN3. The van der Waals surface area contributed by atoms with Crippen LogP contribution in [0.4, 0.5) is 10.1 Å². The van der Waals surface area contributed by atoms with Gasteiger partial charge in [-0.15, -0.1) is 0 Å². The highest BCUT2D eigenvalue weighted by molar-refractivity contribution is 5.58. The van der Waals surface area contributed by atoms with Gasteiger partial charge in [0, 0.05) is 13.6 Å². The van der Waals surface area contributed by atoms with Gasteiger partial charge in [-0.05, 0) is 38.2 Å². The third-order valence-corrected chi connectivity index (χ3v) is 2.41. The molecular weight excluding hydrogens is 205 g/mol. The lowest BCUT2D eigenvalue weighted by Gasteiger charge is -2.20. The molecule has 0 bridgehead atoms. The first kappa shape index (κ1) is 12.5. The van der Waals surface area contributed by atoms with Crippen molar-refractivity contribution in [3.8, 4) is 6.07 Å². The molecule has 0 unspecified atom stereocenters. The van der Waals surface area contributed by atoms with Gasteiger partial charge in [0.25, 0.3) is 0 Å². The van der Waals surface area contributed by atoms with Crippen LogP contribution in [0.25, 0.3) is 0 Å². The molecule has 0 saturated carbocycles. The van der Waals surface area contributed by atoms with Crippen LogP contribution < -0.4 is 10.2 Å². The Balaban J connectivity index is 2.75. The van der Waals surface area contributed by atoms with Gasteiger partial charge in [-0.2, -0.15) is 5.26 Å². The Morgan fingerprint density at radius 1 is 1.50 bits per heavy atom. The second-order valence-corrected chi connectivity index (χ2v) is 3.65. The van der Waals surface area contributed by atoms with Crippen molar-refractivity contribution in [2.24, 2.45) is 0 Å². The van der Waals surface area contributed by atoms with Gasteiger partial charge in [0.1, 0.15) is 11.9 Å². The Bertz CT molecular complexity index is 384. The summed E-state index contributed by atoms with van der Waals surface area (Å²) in [6, 6.07) is 6.30. The first-order valence-electron chi connectivity index (χ1n) is 5.24. The van der Waals surface area contributed by atoms with Crippen molar-refractivity contribution in [1.82, 2.24) is 5.32 Å². The van der Waals surface area contributed by atoms with Crippen molar-refractivity contribution in [1.29, 1.82) is 5.26 Å². The summed E-state index contributed by atoms with van der Waals surface area (Å²) in [5.41, 5.74) is 1.16. The minimum absolute atomic E-state index is 0.371. The SMILES string of the molecule is CNCCCN(C)c1ccc(F)cc1C#N. The Morgan fingerprint density at radius 2 is 2.25 bits per heavy atom. The summed E-state index contributed by atoms with van der Waals surface area (Å²) in [5, 5.41) is 12.0. The fraction of sp³-hybridized carbons (Fsp3) is 0.417. The third-order valence-electron chi connectivity index (χ3n) is 2.41. The number of hydrogen-bond donors (Lipinski definition) is 1. The van der Waals surface area contributed by atoms with Crippen molar-refractivity contribution in [2.45, 2.75) is 6.42 Å². The number of nitrogens with one attached hydrogen (secondary N) is 1. The van der Waals surface area contributed by atoms with E-state index in [2.05, 4.69) is 5.32 Å². The molecule has 1 aromatic rings. The highest BCUT2D eigenvalue weighted by Gasteiger charge is 2.07. The maximum atomic E-state index is 12.9. The Kier molecular flexibility index (Phi) is 4.74. The molecule has 0 aromatic heterocycles. The number of rotatable bonds is 5. The average Bonchev–Trinajstić information content (AvgIpc) is 2.29. The van der Waals surface area contributed by atoms with Gasteiger partial charge in [0.15, 0.2) is 0 Å². The predicted molar refractivity (Wildman–Crippen MR) is 62.9 cm³/mol. The Labute approximate surface area is 95.5 Å². The van der Waals surface area contributed by atoms with Crippen LogP contribution in [0.3, 0.4) is 0 Å². The molecule has 0 spiro atoms. The molecule has 0 aliphatic rings. The molecule has 1 N–H and O–H groups in total. The highest BCUT2D eigenvalue weighted by Crippen LogP contribution is 2.19. The van der Waals surface area contributed by atoms with E-state index < -0.39 is 0 Å². The fourth-order valence-electron chi connectivity index (χ4n) is 1.54. The maximum absolute atomic E-state index is 12.9. The van der Waals surface area contributed by atoms with Gasteiger partial charge in [0.05, 0.1) is 11.3 Å². The standard InChI is InChI=1S/C12H16FN3/c1-15-6-3-7-16(2)12-5-4-11(13)8-10(12)9-14/h4-5,8,15H,3,6-7H2,1-2H3. The monoisotopic (exact) mass is 221 g/mol. The summed E-state index contributed by atoms with van der Waals surface area (Å²) in [4.78, 5) is 1.97. The zero-order valence-corrected chi connectivity index (χ0v) is 9.63. The van der Waals surface area contributed by atoms with Crippen LogP contribution in [0.2, 0.25) is 0 Å². The number of benzene rings is 1. The third kappa shape index (κ3) is 3.21. The van der Waals surface area contributed by atoms with Gasteiger partial charge in [0.2, 0.25) is 0 Å². The van der Waals surface area contributed by atoms with Gasteiger partial charge >= 0.3 is 0 Å². The van der Waals surface area contributed by atoms with Crippen molar-refractivity contribution in [3.63, 3.8) is 0 Å². The molecule has 0 aliphatic heterocycles. The van der Waals surface area contributed by atoms with E-state index in [1.54, 1.807) is 6.07 Å². The molecule has 0 radical (unpaired) electrons. The molecule has 0 aliphatic carbocycles. The summed E-state index contributed by atoms with van der Waals surface area (Å²) in [6.07, 6.45) is 0.981. The number of halogens is 1. The number of nitriles is 1. The smallest absolute Gasteiger partial charge is 0.124 e. The second-order valence-electron chi connectivity index (χ2n) is 3.65. The fourth-order valence-corrected chi connectivity index (χ4v) is 1.54. The van der Waals surface area contributed by atoms with Gasteiger partial charge in [-0.25, -0.2) is 4.39 Å². The minimum Gasteiger partial charge on any atom is -0.373 e. The van der Waals surface area contributed by atoms with E-state index in [0.29, 0.717) is 5.56 Å². The van der Waals surface area contributed by atoms with Crippen molar-refractivity contribution in [2.75, 3.05) is 32.1 Å². The molecule has 0 fully saturated rings. The molecule has 1 rings (SSSR count). The van der Waals surface area contributed by atoms with Gasteiger partial charge < -0.3 is 10.2 Å². The lowest BCUT2D eigenvalue weighted by atomic mass is 10.1. The van der Waals surface area contributed by atoms with E-state index in [9.17, 15) is 4.39 Å². The molecule has 0 amide bonds. The van der Waals surface area contributed by atoms with Crippen LogP contribution in [0.5, 0.6) is 0 Å². The van der Waals surface area contributed by atoms with E-state index in [4.69, 9.17) is 5.26 Å². The summed E-state index contributed by atoms with van der Waals surface area (Å²) < 4.78 is 12.9. The lowest BCUT2D eigenvalue weighted by molar-refractivity contribution is 0.627. The van der Waals surface area contributed by atoms with E-state index in [-0.39, 0.29) is 5.82 Å². The van der Waals surface area contributed by atoms with Crippen molar-refractivity contribution >= 4 is 5.69 Å². The van der Waals surface area contributed by atoms with Crippen LogP contribution in [0.15, 0.2) is 18.2 Å². The first-order valence-corrected chi connectivity index (χ1v) is 5.24. The maximum Gasteiger partial charge on any atom is 0.124 e. The summed E-state index contributed by atoms with van der Waals surface area (Å²) in [7, 11) is 3.81. The van der Waals surface area contributed by atoms with Crippen LogP contribution in [-0.2, 0) is 0 Å². The number of hydrogen-bond acceptors (Lipinski definition) is 3. The van der Waals surface area contributed by atoms with Crippen LogP contribution in [-0.4, -0.2) is 27.2 Å². The zero-order chi connectivity index (χ0) is 12.0. The summed E-state index contributed by atoms with van der Waals surface area (Å²) in [6.45, 7) is 1.76. The topological polar surface area (TPSA) is 39.1 Å². The van der Waals surface area contributed by atoms with Gasteiger partial charge in [-0.1, -0.05) is 0 Å². The quantitative estimate of drug-likeness (QED) is 0.770. The molecule has 0 atom stereocenters. The largest absolute Gasteiger partial charge is 0.373 e. The molecule has 16 heavy (non-hydrogen) atoms. The molecule has 86 valence electrons. The molecule has 1 aromatic carbocycles.